The van der Waals surface area contributed by atoms with Crippen molar-refractivity contribution < 1.29 is 19.0 Å². The molecule has 5 heteroatoms. The minimum Gasteiger partial charge on any atom is -0.496 e. The fourth-order valence-corrected chi connectivity index (χ4v) is 3.20. The third-order valence-corrected chi connectivity index (χ3v) is 4.46. The monoisotopic (exact) mass is 335 g/mol. The number of hydrogen-bond donors (Lipinski definition) is 0. The van der Waals surface area contributed by atoms with E-state index in [4.69, 9.17) is 14.2 Å². The molecule has 5 nitrogen and oxygen atoms in total. The van der Waals surface area contributed by atoms with Gasteiger partial charge in [-0.25, -0.2) is 0 Å². The van der Waals surface area contributed by atoms with Gasteiger partial charge in [0.1, 0.15) is 11.9 Å². The van der Waals surface area contributed by atoms with Crippen LogP contribution >= 0.6 is 0 Å². The number of rotatable bonds is 9. The Morgan fingerprint density at radius 1 is 1.33 bits per heavy atom. The lowest BCUT2D eigenvalue weighted by Crippen LogP contribution is -2.43. The van der Waals surface area contributed by atoms with Gasteiger partial charge in [0.05, 0.1) is 20.3 Å². The van der Waals surface area contributed by atoms with E-state index in [1.165, 1.54) is 0 Å². The lowest BCUT2D eigenvalue weighted by atomic mass is 10.0. The normalized spacial score (nSPS) is 18.6. The number of nitrogens with zero attached hydrogens (tertiary/aromatic N) is 1. The summed E-state index contributed by atoms with van der Waals surface area (Å²) in [6.45, 7) is 6.22. The smallest absolute Gasteiger partial charge is 0.251 e. The summed E-state index contributed by atoms with van der Waals surface area (Å²) in [6, 6.07) is 8.23. The van der Waals surface area contributed by atoms with Crippen LogP contribution in [-0.2, 0) is 20.7 Å². The van der Waals surface area contributed by atoms with E-state index in [1.807, 2.05) is 36.9 Å². The van der Waals surface area contributed by atoms with Gasteiger partial charge >= 0.3 is 0 Å². The van der Waals surface area contributed by atoms with Crippen LogP contribution in [0.4, 0.5) is 0 Å². The Morgan fingerprint density at radius 2 is 2.12 bits per heavy atom. The Bertz CT molecular complexity index is 520. The van der Waals surface area contributed by atoms with Crippen molar-refractivity contribution in [1.29, 1.82) is 0 Å². The Morgan fingerprint density at radius 3 is 2.88 bits per heavy atom. The number of hydrogen-bond acceptors (Lipinski definition) is 4. The molecule has 1 aromatic rings. The van der Waals surface area contributed by atoms with Gasteiger partial charge in [0, 0.05) is 19.2 Å². The van der Waals surface area contributed by atoms with Crippen molar-refractivity contribution in [3.63, 3.8) is 0 Å². The highest BCUT2D eigenvalue weighted by Crippen LogP contribution is 2.26. The summed E-state index contributed by atoms with van der Waals surface area (Å²) in [5.74, 6) is 0.960. The maximum atomic E-state index is 12.7. The number of para-hydroxylation sites is 1. The molecule has 1 aliphatic heterocycles. The van der Waals surface area contributed by atoms with Crippen LogP contribution in [-0.4, -0.2) is 56.4 Å². The van der Waals surface area contributed by atoms with Crippen molar-refractivity contribution in [1.82, 2.24) is 4.90 Å². The topological polar surface area (TPSA) is 48.0 Å². The quantitative estimate of drug-likeness (QED) is 0.651. The van der Waals surface area contributed by atoms with Crippen LogP contribution in [0, 0.1) is 0 Å². The zero-order valence-corrected chi connectivity index (χ0v) is 15.0. The molecule has 2 rings (SSSR count). The van der Waals surface area contributed by atoms with Crippen molar-refractivity contribution >= 4 is 5.91 Å². The molecule has 0 bridgehead atoms. The van der Waals surface area contributed by atoms with Gasteiger partial charge in [-0.3, -0.25) is 4.79 Å². The van der Waals surface area contributed by atoms with Crippen molar-refractivity contribution in [2.24, 2.45) is 0 Å². The molecular weight excluding hydrogens is 306 g/mol. The minimum atomic E-state index is -0.427. The van der Waals surface area contributed by atoms with E-state index >= 15 is 0 Å². The highest BCUT2D eigenvalue weighted by atomic mass is 16.5. The fourth-order valence-electron chi connectivity index (χ4n) is 3.20. The SMILES string of the molecule is CCOCCOC(C)C(=O)N1CCCC1Cc1ccccc1OC. The second kappa shape index (κ2) is 9.64. The van der Waals surface area contributed by atoms with E-state index in [1.54, 1.807) is 7.11 Å². The summed E-state index contributed by atoms with van der Waals surface area (Å²) in [6.07, 6.45) is 2.46. The summed E-state index contributed by atoms with van der Waals surface area (Å²) >= 11 is 0. The van der Waals surface area contributed by atoms with E-state index in [2.05, 4.69) is 6.07 Å². The molecule has 24 heavy (non-hydrogen) atoms. The lowest BCUT2D eigenvalue weighted by molar-refractivity contribution is -0.144. The number of benzene rings is 1. The Labute approximate surface area is 144 Å². The maximum Gasteiger partial charge on any atom is 0.251 e. The average molecular weight is 335 g/mol. The van der Waals surface area contributed by atoms with Gasteiger partial charge < -0.3 is 19.1 Å². The molecule has 1 saturated heterocycles. The summed E-state index contributed by atoms with van der Waals surface area (Å²) in [5, 5.41) is 0. The molecule has 1 aliphatic rings. The van der Waals surface area contributed by atoms with E-state index in [-0.39, 0.29) is 11.9 Å². The zero-order chi connectivity index (χ0) is 17.4. The number of amides is 1. The van der Waals surface area contributed by atoms with Gasteiger partial charge in [-0.05, 0) is 44.7 Å². The predicted molar refractivity (Wildman–Crippen MR) is 93.3 cm³/mol. The zero-order valence-electron chi connectivity index (χ0n) is 15.0. The van der Waals surface area contributed by atoms with Crippen LogP contribution in [0.1, 0.15) is 32.3 Å². The Kier molecular flexibility index (Phi) is 7.53. The minimum absolute atomic E-state index is 0.0731. The first-order chi connectivity index (χ1) is 11.7. The molecule has 1 fully saturated rings. The first kappa shape index (κ1) is 18.7. The molecule has 2 unspecified atom stereocenters. The lowest BCUT2D eigenvalue weighted by Gasteiger charge is -2.28. The Hall–Kier alpha value is -1.59. The van der Waals surface area contributed by atoms with Crippen LogP contribution in [0.25, 0.3) is 0 Å². The van der Waals surface area contributed by atoms with Crippen LogP contribution in [0.15, 0.2) is 24.3 Å². The fraction of sp³-hybridized carbons (Fsp3) is 0.632. The van der Waals surface area contributed by atoms with Crippen molar-refractivity contribution in [2.45, 2.75) is 45.3 Å². The van der Waals surface area contributed by atoms with Gasteiger partial charge in [0.25, 0.3) is 5.91 Å². The number of carbonyl (C=O) groups is 1. The molecule has 0 N–H and O–H groups in total. The molecule has 0 spiro atoms. The van der Waals surface area contributed by atoms with E-state index in [0.29, 0.717) is 19.8 Å². The highest BCUT2D eigenvalue weighted by molar-refractivity contribution is 5.81. The summed E-state index contributed by atoms with van der Waals surface area (Å²) in [5.41, 5.74) is 1.15. The molecule has 1 aromatic carbocycles. The van der Waals surface area contributed by atoms with Crippen molar-refractivity contribution in [3.8, 4) is 5.75 Å². The number of carbonyl (C=O) groups excluding carboxylic acids is 1. The number of methoxy groups -OCH3 is 1. The standard InChI is InChI=1S/C19H29NO4/c1-4-23-12-13-24-15(2)19(21)20-11-7-9-17(20)14-16-8-5-6-10-18(16)22-3/h5-6,8,10,15,17H,4,7,9,11-14H2,1-3H3. The van der Waals surface area contributed by atoms with Crippen LogP contribution < -0.4 is 4.74 Å². The van der Waals surface area contributed by atoms with Crippen LogP contribution in [0.3, 0.4) is 0 Å². The van der Waals surface area contributed by atoms with Crippen molar-refractivity contribution in [2.75, 3.05) is 33.5 Å². The van der Waals surface area contributed by atoms with Gasteiger partial charge in [-0.2, -0.15) is 0 Å². The molecule has 134 valence electrons. The van der Waals surface area contributed by atoms with Crippen LogP contribution in [0.5, 0.6) is 5.75 Å². The third-order valence-electron chi connectivity index (χ3n) is 4.46. The molecule has 2 atom stereocenters. The first-order valence-electron chi connectivity index (χ1n) is 8.79. The number of ether oxygens (including phenoxy) is 3. The van der Waals surface area contributed by atoms with Gasteiger partial charge in [-0.15, -0.1) is 0 Å². The molecule has 0 saturated carbocycles. The van der Waals surface area contributed by atoms with Crippen molar-refractivity contribution in [3.05, 3.63) is 29.8 Å². The maximum absolute atomic E-state index is 12.7. The molecule has 1 amide bonds. The molecule has 0 aliphatic carbocycles. The number of likely N-dealkylation sites (tertiary alicyclic amines) is 1. The van der Waals surface area contributed by atoms with Gasteiger partial charge in [0.2, 0.25) is 0 Å². The molecular formula is C19H29NO4. The first-order valence-corrected chi connectivity index (χ1v) is 8.79. The van der Waals surface area contributed by atoms with Gasteiger partial charge in [-0.1, -0.05) is 18.2 Å². The van der Waals surface area contributed by atoms with E-state index in [0.717, 1.165) is 37.1 Å². The Balaban J connectivity index is 1.93. The molecule has 0 radical (unpaired) electrons. The molecule has 1 heterocycles. The van der Waals surface area contributed by atoms with E-state index < -0.39 is 6.10 Å². The summed E-state index contributed by atoms with van der Waals surface area (Å²) < 4.78 is 16.3. The summed E-state index contributed by atoms with van der Waals surface area (Å²) in [4.78, 5) is 14.7. The van der Waals surface area contributed by atoms with Gasteiger partial charge in [0.15, 0.2) is 0 Å². The largest absolute Gasteiger partial charge is 0.496 e. The second-order valence-electron chi connectivity index (χ2n) is 6.05. The highest BCUT2D eigenvalue weighted by Gasteiger charge is 2.32. The predicted octanol–water partition coefficient (Wildman–Crippen LogP) is 2.67. The molecule has 0 aromatic heterocycles. The second-order valence-corrected chi connectivity index (χ2v) is 6.05. The van der Waals surface area contributed by atoms with Crippen LogP contribution in [0.2, 0.25) is 0 Å². The third kappa shape index (κ3) is 4.95. The summed E-state index contributed by atoms with van der Waals surface area (Å²) in [7, 11) is 1.69. The van der Waals surface area contributed by atoms with E-state index in [9.17, 15) is 4.79 Å². The average Bonchev–Trinajstić information content (AvgIpc) is 3.06.